The highest BCUT2D eigenvalue weighted by Crippen LogP contribution is 2.34. The standard InChI is InChI=1S/C13H15NO/c15-13-7-3-6-12-10(13)8-9-4-1-2-5-11(9)14-12/h1-2,4-5,8,12-15H,3,6-7H2. The van der Waals surface area contributed by atoms with Crippen molar-refractivity contribution in [1.29, 1.82) is 0 Å². The van der Waals surface area contributed by atoms with Crippen molar-refractivity contribution in [2.45, 2.75) is 31.4 Å². The summed E-state index contributed by atoms with van der Waals surface area (Å²) in [5.74, 6) is 0. The summed E-state index contributed by atoms with van der Waals surface area (Å²) in [5.41, 5.74) is 3.56. The lowest BCUT2D eigenvalue weighted by Crippen LogP contribution is -2.35. The van der Waals surface area contributed by atoms with E-state index in [0.29, 0.717) is 6.04 Å². The van der Waals surface area contributed by atoms with Crippen molar-refractivity contribution in [3.8, 4) is 0 Å². The molecule has 1 aromatic carbocycles. The van der Waals surface area contributed by atoms with Gasteiger partial charge in [0, 0.05) is 5.69 Å². The first-order valence-electron chi connectivity index (χ1n) is 5.60. The normalized spacial score (nSPS) is 28.5. The molecule has 1 aliphatic heterocycles. The molecule has 0 bridgehead atoms. The molecule has 1 heterocycles. The Morgan fingerprint density at radius 2 is 2.07 bits per heavy atom. The molecule has 0 spiro atoms. The number of para-hydroxylation sites is 1. The molecule has 0 saturated heterocycles. The van der Waals surface area contributed by atoms with Gasteiger partial charge < -0.3 is 10.4 Å². The SMILES string of the molecule is OC1CCCC2Nc3ccccc3C=C12. The second-order valence-corrected chi connectivity index (χ2v) is 4.38. The van der Waals surface area contributed by atoms with Crippen LogP contribution in [0, 0.1) is 0 Å². The first-order valence-corrected chi connectivity index (χ1v) is 5.60. The Morgan fingerprint density at radius 3 is 3.00 bits per heavy atom. The smallest absolute Gasteiger partial charge is 0.0773 e. The van der Waals surface area contributed by atoms with E-state index < -0.39 is 0 Å². The average Bonchev–Trinajstić information content (AvgIpc) is 2.27. The van der Waals surface area contributed by atoms with Crippen LogP contribution in [0.3, 0.4) is 0 Å². The van der Waals surface area contributed by atoms with E-state index in [0.717, 1.165) is 19.3 Å². The second kappa shape index (κ2) is 3.38. The summed E-state index contributed by atoms with van der Waals surface area (Å²) in [6.07, 6.45) is 5.06. The summed E-state index contributed by atoms with van der Waals surface area (Å²) in [4.78, 5) is 0. The molecule has 78 valence electrons. The van der Waals surface area contributed by atoms with Crippen molar-refractivity contribution in [3.63, 3.8) is 0 Å². The summed E-state index contributed by atoms with van der Waals surface area (Å²) in [7, 11) is 0. The Morgan fingerprint density at radius 1 is 1.20 bits per heavy atom. The van der Waals surface area contributed by atoms with Crippen molar-refractivity contribution in [2.75, 3.05) is 5.32 Å². The van der Waals surface area contributed by atoms with E-state index in [1.165, 1.54) is 16.8 Å². The first-order chi connectivity index (χ1) is 7.34. The minimum absolute atomic E-state index is 0.246. The molecule has 2 nitrogen and oxygen atoms in total. The quantitative estimate of drug-likeness (QED) is 0.675. The van der Waals surface area contributed by atoms with E-state index in [2.05, 4.69) is 23.5 Å². The lowest BCUT2D eigenvalue weighted by Gasteiger charge is -2.34. The van der Waals surface area contributed by atoms with Crippen molar-refractivity contribution in [2.24, 2.45) is 0 Å². The number of hydrogen-bond acceptors (Lipinski definition) is 2. The predicted molar refractivity (Wildman–Crippen MR) is 61.7 cm³/mol. The molecule has 1 fully saturated rings. The highest BCUT2D eigenvalue weighted by atomic mass is 16.3. The molecule has 2 unspecified atom stereocenters. The number of aliphatic hydroxyl groups excluding tert-OH is 1. The molecule has 0 aromatic heterocycles. The average molecular weight is 201 g/mol. The maximum atomic E-state index is 9.92. The van der Waals surface area contributed by atoms with E-state index >= 15 is 0 Å². The maximum absolute atomic E-state index is 9.92. The van der Waals surface area contributed by atoms with E-state index in [-0.39, 0.29) is 6.10 Å². The van der Waals surface area contributed by atoms with Crippen LogP contribution >= 0.6 is 0 Å². The third-order valence-corrected chi connectivity index (χ3v) is 3.37. The van der Waals surface area contributed by atoms with E-state index in [1.54, 1.807) is 0 Å². The van der Waals surface area contributed by atoms with Crippen molar-refractivity contribution < 1.29 is 5.11 Å². The molecule has 2 atom stereocenters. The highest BCUT2D eigenvalue weighted by molar-refractivity contribution is 5.73. The van der Waals surface area contributed by atoms with Gasteiger partial charge in [0.1, 0.15) is 0 Å². The number of benzene rings is 1. The van der Waals surface area contributed by atoms with Crippen LogP contribution in [0.2, 0.25) is 0 Å². The van der Waals surface area contributed by atoms with Crippen LogP contribution in [0.5, 0.6) is 0 Å². The molecular weight excluding hydrogens is 186 g/mol. The zero-order chi connectivity index (χ0) is 10.3. The van der Waals surface area contributed by atoms with Crippen LogP contribution in [0.4, 0.5) is 5.69 Å². The van der Waals surface area contributed by atoms with Gasteiger partial charge in [-0.25, -0.2) is 0 Å². The molecule has 1 aliphatic carbocycles. The summed E-state index contributed by atoms with van der Waals surface area (Å²) >= 11 is 0. The Hall–Kier alpha value is -1.28. The van der Waals surface area contributed by atoms with E-state index in [1.807, 2.05) is 12.1 Å². The van der Waals surface area contributed by atoms with Crippen LogP contribution in [-0.2, 0) is 0 Å². The Bertz CT molecular complexity index is 411. The minimum Gasteiger partial charge on any atom is -0.389 e. The Kier molecular flexibility index (Phi) is 2.03. The van der Waals surface area contributed by atoms with Crippen LogP contribution < -0.4 is 5.32 Å². The van der Waals surface area contributed by atoms with Gasteiger partial charge in [-0.3, -0.25) is 0 Å². The van der Waals surface area contributed by atoms with Crippen molar-refractivity contribution in [3.05, 3.63) is 35.4 Å². The van der Waals surface area contributed by atoms with Gasteiger partial charge in [0.15, 0.2) is 0 Å². The molecule has 15 heavy (non-hydrogen) atoms. The highest BCUT2D eigenvalue weighted by Gasteiger charge is 2.28. The zero-order valence-corrected chi connectivity index (χ0v) is 8.61. The van der Waals surface area contributed by atoms with Gasteiger partial charge in [0.25, 0.3) is 0 Å². The van der Waals surface area contributed by atoms with Gasteiger partial charge >= 0.3 is 0 Å². The number of aliphatic hydroxyl groups is 1. The molecule has 2 heteroatoms. The second-order valence-electron chi connectivity index (χ2n) is 4.38. The fraction of sp³-hybridized carbons (Fsp3) is 0.385. The van der Waals surface area contributed by atoms with Crippen LogP contribution in [0.15, 0.2) is 29.8 Å². The van der Waals surface area contributed by atoms with Gasteiger partial charge in [-0.05, 0) is 42.5 Å². The lowest BCUT2D eigenvalue weighted by molar-refractivity contribution is 0.175. The van der Waals surface area contributed by atoms with Crippen LogP contribution in [0.25, 0.3) is 6.08 Å². The van der Waals surface area contributed by atoms with Gasteiger partial charge in [0.2, 0.25) is 0 Å². The van der Waals surface area contributed by atoms with Gasteiger partial charge in [-0.2, -0.15) is 0 Å². The van der Waals surface area contributed by atoms with Gasteiger partial charge in [0.05, 0.1) is 12.1 Å². The fourth-order valence-electron chi connectivity index (χ4n) is 2.55. The lowest BCUT2D eigenvalue weighted by atomic mass is 9.84. The maximum Gasteiger partial charge on any atom is 0.0773 e. The monoisotopic (exact) mass is 201 g/mol. The van der Waals surface area contributed by atoms with Crippen LogP contribution in [0.1, 0.15) is 24.8 Å². The largest absolute Gasteiger partial charge is 0.389 e. The molecule has 3 rings (SSSR count). The van der Waals surface area contributed by atoms with E-state index in [9.17, 15) is 5.11 Å². The van der Waals surface area contributed by atoms with Crippen molar-refractivity contribution in [1.82, 2.24) is 0 Å². The first kappa shape index (κ1) is 8.98. The summed E-state index contributed by atoms with van der Waals surface area (Å²) in [6, 6.07) is 8.62. The molecular formula is C13H15NO. The summed E-state index contributed by atoms with van der Waals surface area (Å²) in [5, 5.41) is 13.4. The van der Waals surface area contributed by atoms with Gasteiger partial charge in [-0.15, -0.1) is 0 Å². The molecule has 1 saturated carbocycles. The number of fused-ring (bicyclic) bond motifs is 2. The van der Waals surface area contributed by atoms with Crippen LogP contribution in [-0.4, -0.2) is 17.3 Å². The van der Waals surface area contributed by atoms with Crippen molar-refractivity contribution >= 4 is 11.8 Å². The molecule has 0 amide bonds. The Labute approximate surface area is 89.6 Å². The Balaban J connectivity index is 2.05. The molecule has 1 aromatic rings. The predicted octanol–water partition coefficient (Wildman–Crippen LogP) is 2.41. The van der Waals surface area contributed by atoms with E-state index in [4.69, 9.17) is 0 Å². The summed E-state index contributed by atoms with van der Waals surface area (Å²) in [6.45, 7) is 0. The molecule has 2 aliphatic rings. The third-order valence-electron chi connectivity index (χ3n) is 3.37. The minimum atomic E-state index is -0.246. The number of anilines is 1. The fourth-order valence-corrected chi connectivity index (χ4v) is 2.55. The topological polar surface area (TPSA) is 32.3 Å². The molecule has 2 N–H and O–H groups in total. The van der Waals surface area contributed by atoms with Gasteiger partial charge in [-0.1, -0.05) is 18.2 Å². The number of nitrogens with one attached hydrogen (secondary N) is 1. The number of rotatable bonds is 0. The molecule has 0 radical (unpaired) electrons. The summed E-state index contributed by atoms with van der Waals surface area (Å²) < 4.78 is 0. The third kappa shape index (κ3) is 1.45. The number of hydrogen-bond donors (Lipinski definition) is 2. The zero-order valence-electron chi connectivity index (χ0n) is 8.61.